The lowest BCUT2D eigenvalue weighted by Crippen LogP contribution is -2.46. The summed E-state index contributed by atoms with van der Waals surface area (Å²) in [4.78, 5) is 24.5. The van der Waals surface area contributed by atoms with Crippen LogP contribution in [0.25, 0.3) is 0 Å². The van der Waals surface area contributed by atoms with Crippen molar-refractivity contribution in [1.29, 1.82) is 0 Å². The molecule has 0 aromatic heterocycles. The fraction of sp³-hybridized carbons (Fsp3) is 0.412. The summed E-state index contributed by atoms with van der Waals surface area (Å²) in [5.74, 6) is -0.456. The first-order chi connectivity index (χ1) is 11.1. The average molecular weight is 334 g/mol. The summed E-state index contributed by atoms with van der Waals surface area (Å²) in [6, 6.07) is 3.57. The number of ether oxygens (including phenoxy) is 2. The van der Waals surface area contributed by atoms with Crippen LogP contribution in [0.3, 0.4) is 0 Å². The maximum atomic E-state index is 12.6. The van der Waals surface area contributed by atoms with Gasteiger partial charge in [-0.1, -0.05) is 12.1 Å². The predicted molar refractivity (Wildman–Crippen MR) is 87.6 cm³/mol. The van der Waals surface area contributed by atoms with E-state index in [4.69, 9.17) is 9.47 Å². The normalized spacial score (nSPS) is 17.9. The highest BCUT2D eigenvalue weighted by molar-refractivity contribution is 5.95. The molecule has 0 aliphatic carbocycles. The van der Waals surface area contributed by atoms with Gasteiger partial charge in [-0.25, -0.2) is 9.59 Å². The zero-order valence-electron chi connectivity index (χ0n) is 14.4. The second-order valence-corrected chi connectivity index (χ2v) is 6.47. The third-order valence-corrected chi connectivity index (χ3v) is 3.45. The van der Waals surface area contributed by atoms with Crippen LogP contribution in [0.5, 0.6) is 11.5 Å². The van der Waals surface area contributed by atoms with Gasteiger partial charge in [-0.15, -0.1) is 0 Å². The second kappa shape index (κ2) is 6.43. The number of para-hydroxylation sites is 1. The maximum Gasteiger partial charge on any atom is 0.338 e. The molecule has 0 bridgehead atoms. The summed E-state index contributed by atoms with van der Waals surface area (Å²) in [6.07, 6.45) is 0. The van der Waals surface area contributed by atoms with E-state index in [9.17, 15) is 14.7 Å². The zero-order chi connectivity index (χ0) is 18.1. The lowest BCUT2D eigenvalue weighted by atomic mass is 9.94. The highest BCUT2D eigenvalue weighted by Crippen LogP contribution is 2.38. The third-order valence-electron chi connectivity index (χ3n) is 3.45. The van der Waals surface area contributed by atoms with Crippen molar-refractivity contribution >= 4 is 12.0 Å². The van der Waals surface area contributed by atoms with Crippen molar-refractivity contribution in [3.05, 3.63) is 35.0 Å². The van der Waals surface area contributed by atoms with E-state index in [1.807, 2.05) is 0 Å². The Balaban J connectivity index is 2.52. The number of rotatable bonds is 3. The molecule has 130 valence electrons. The Kier molecular flexibility index (Phi) is 4.73. The highest BCUT2D eigenvalue weighted by atomic mass is 16.6. The lowest BCUT2D eigenvalue weighted by Gasteiger charge is -2.30. The maximum absolute atomic E-state index is 12.6. The fourth-order valence-corrected chi connectivity index (χ4v) is 2.47. The summed E-state index contributed by atoms with van der Waals surface area (Å²) in [5, 5.41) is 15.6. The smallest absolute Gasteiger partial charge is 0.338 e. The standard InChI is InChI=1S/C17H22N2O5/c1-9-12(15(21)24-17(2,3)4)13(19-16(22)18-9)10-7-6-8-11(23-5)14(10)20/h6-8,13,20H,1-5H3,(H2,18,19,22)/t13-/m1/s1. The van der Waals surface area contributed by atoms with E-state index in [2.05, 4.69) is 10.6 Å². The van der Waals surface area contributed by atoms with Gasteiger partial charge in [0.05, 0.1) is 18.7 Å². The number of carbonyl (C=O) groups is 2. The van der Waals surface area contributed by atoms with Crippen LogP contribution in [0.4, 0.5) is 4.79 Å². The van der Waals surface area contributed by atoms with E-state index in [0.29, 0.717) is 11.3 Å². The Morgan fingerprint density at radius 2 is 1.96 bits per heavy atom. The Labute approximate surface area is 140 Å². The quantitative estimate of drug-likeness (QED) is 0.737. The predicted octanol–water partition coefficient (Wildman–Crippen LogP) is 2.37. The number of esters is 1. The molecule has 0 radical (unpaired) electrons. The van der Waals surface area contributed by atoms with Crippen LogP contribution >= 0.6 is 0 Å². The van der Waals surface area contributed by atoms with Crippen molar-refractivity contribution in [1.82, 2.24) is 10.6 Å². The van der Waals surface area contributed by atoms with Crippen LogP contribution in [-0.4, -0.2) is 29.8 Å². The van der Waals surface area contributed by atoms with Crippen molar-refractivity contribution in [3.8, 4) is 11.5 Å². The number of aromatic hydroxyl groups is 1. The molecule has 2 amide bonds. The molecule has 0 saturated heterocycles. The number of methoxy groups -OCH3 is 1. The van der Waals surface area contributed by atoms with Gasteiger partial charge in [0.15, 0.2) is 11.5 Å². The first kappa shape index (κ1) is 17.7. The van der Waals surface area contributed by atoms with E-state index in [1.165, 1.54) is 7.11 Å². The number of carbonyl (C=O) groups excluding carboxylic acids is 2. The van der Waals surface area contributed by atoms with Crippen LogP contribution in [0, 0.1) is 0 Å². The summed E-state index contributed by atoms with van der Waals surface area (Å²) >= 11 is 0. The van der Waals surface area contributed by atoms with Crippen LogP contribution in [0.1, 0.15) is 39.3 Å². The Hall–Kier alpha value is -2.70. The van der Waals surface area contributed by atoms with Gasteiger partial charge in [0, 0.05) is 11.3 Å². The number of phenols is 1. The van der Waals surface area contributed by atoms with E-state index >= 15 is 0 Å². The van der Waals surface area contributed by atoms with Gasteiger partial charge in [-0.3, -0.25) is 0 Å². The minimum absolute atomic E-state index is 0.138. The minimum atomic E-state index is -0.844. The molecule has 7 heteroatoms. The second-order valence-electron chi connectivity index (χ2n) is 6.47. The number of urea groups is 1. The van der Waals surface area contributed by atoms with E-state index in [-0.39, 0.29) is 17.1 Å². The Morgan fingerprint density at radius 1 is 1.29 bits per heavy atom. The Morgan fingerprint density at radius 3 is 2.54 bits per heavy atom. The summed E-state index contributed by atoms with van der Waals surface area (Å²) in [5.41, 5.74) is 0.269. The summed E-state index contributed by atoms with van der Waals surface area (Å²) in [6.45, 7) is 6.89. The van der Waals surface area contributed by atoms with E-state index in [0.717, 1.165) is 0 Å². The molecule has 1 aliphatic rings. The van der Waals surface area contributed by atoms with Crippen molar-refractivity contribution in [2.24, 2.45) is 0 Å². The molecule has 0 fully saturated rings. The molecule has 1 atom stereocenters. The molecule has 1 aromatic carbocycles. The number of hydrogen-bond donors (Lipinski definition) is 3. The third kappa shape index (κ3) is 3.61. The fourth-order valence-electron chi connectivity index (χ4n) is 2.47. The van der Waals surface area contributed by atoms with Crippen molar-refractivity contribution in [2.45, 2.75) is 39.3 Å². The zero-order valence-corrected chi connectivity index (χ0v) is 14.4. The van der Waals surface area contributed by atoms with Gasteiger partial charge in [-0.2, -0.15) is 0 Å². The summed E-state index contributed by atoms with van der Waals surface area (Å²) in [7, 11) is 1.43. The minimum Gasteiger partial charge on any atom is -0.504 e. The van der Waals surface area contributed by atoms with Gasteiger partial charge in [0.2, 0.25) is 0 Å². The number of benzene rings is 1. The molecular weight excluding hydrogens is 312 g/mol. The molecule has 0 unspecified atom stereocenters. The first-order valence-electron chi connectivity index (χ1n) is 7.51. The number of amides is 2. The van der Waals surface area contributed by atoms with Crippen LogP contribution in [0.2, 0.25) is 0 Å². The van der Waals surface area contributed by atoms with Crippen LogP contribution in [-0.2, 0) is 9.53 Å². The number of phenolic OH excluding ortho intramolecular Hbond substituents is 1. The molecule has 2 rings (SSSR count). The van der Waals surface area contributed by atoms with Gasteiger partial charge in [-0.05, 0) is 33.8 Å². The SMILES string of the molecule is COc1cccc([C@H]2NC(=O)NC(C)=C2C(=O)OC(C)(C)C)c1O. The van der Waals surface area contributed by atoms with E-state index in [1.54, 1.807) is 45.9 Å². The van der Waals surface area contributed by atoms with Gasteiger partial charge in [0.1, 0.15) is 5.60 Å². The molecule has 1 aliphatic heterocycles. The highest BCUT2D eigenvalue weighted by Gasteiger charge is 2.35. The molecule has 1 aromatic rings. The monoisotopic (exact) mass is 334 g/mol. The van der Waals surface area contributed by atoms with Crippen LogP contribution in [0.15, 0.2) is 29.5 Å². The van der Waals surface area contributed by atoms with Crippen LogP contribution < -0.4 is 15.4 Å². The largest absolute Gasteiger partial charge is 0.504 e. The first-order valence-corrected chi connectivity index (χ1v) is 7.51. The van der Waals surface area contributed by atoms with Gasteiger partial charge >= 0.3 is 12.0 Å². The van der Waals surface area contributed by atoms with E-state index < -0.39 is 23.6 Å². The van der Waals surface area contributed by atoms with Gasteiger partial charge in [0.25, 0.3) is 0 Å². The number of nitrogens with one attached hydrogen (secondary N) is 2. The lowest BCUT2D eigenvalue weighted by molar-refractivity contribution is -0.150. The Bertz CT molecular complexity index is 703. The molecular formula is C17H22N2O5. The topological polar surface area (TPSA) is 96.9 Å². The number of hydrogen-bond acceptors (Lipinski definition) is 5. The summed E-state index contributed by atoms with van der Waals surface area (Å²) < 4.78 is 10.5. The molecule has 7 nitrogen and oxygen atoms in total. The van der Waals surface area contributed by atoms with Crippen molar-refractivity contribution < 1.29 is 24.2 Å². The molecule has 24 heavy (non-hydrogen) atoms. The molecule has 3 N–H and O–H groups in total. The molecule has 0 spiro atoms. The number of allylic oxidation sites excluding steroid dienone is 1. The van der Waals surface area contributed by atoms with Crippen molar-refractivity contribution in [2.75, 3.05) is 7.11 Å². The van der Waals surface area contributed by atoms with Crippen molar-refractivity contribution in [3.63, 3.8) is 0 Å². The molecule has 1 heterocycles. The van der Waals surface area contributed by atoms with Gasteiger partial charge < -0.3 is 25.2 Å². The molecule has 0 saturated carbocycles. The average Bonchev–Trinajstić information content (AvgIpc) is 2.44.